The van der Waals surface area contributed by atoms with E-state index in [9.17, 15) is 0 Å². The second kappa shape index (κ2) is 3.74. The molecule has 0 saturated carbocycles. The number of fused-ring (bicyclic) bond motifs is 1. The molecule has 0 radical (unpaired) electrons. The molecule has 1 N–H and O–H groups in total. The maximum absolute atomic E-state index is 3.58. The topological polar surface area (TPSA) is 12.0 Å². The highest BCUT2D eigenvalue weighted by Crippen LogP contribution is 2.23. The van der Waals surface area contributed by atoms with Crippen LogP contribution >= 0.6 is 0 Å². The van der Waals surface area contributed by atoms with Crippen LogP contribution in [0.15, 0.2) is 12.1 Å². The standard InChI is InChI=1S/C13H19N/c1-4-12-7-13-10(3)5-9(2)6-11(13)8-14-12/h5-6,12,14H,4,7-8H2,1-3H3. The highest BCUT2D eigenvalue weighted by atomic mass is 14.9. The van der Waals surface area contributed by atoms with E-state index in [1.807, 2.05) is 0 Å². The highest BCUT2D eigenvalue weighted by molar-refractivity contribution is 5.40. The van der Waals surface area contributed by atoms with Crippen molar-refractivity contribution in [3.63, 3.8) is 0 Å². The first-order valence-corrected chi connectivity index (χ1v) is 5.53. The van der Waals surface area contributed by atoms with Crippen LogP contribution in [0, 0.1) is 13.8 Å². The fourth-order valence-corrected chi connectivity index (χ4v) is 2.40. The van der Waals surface area contributed by atoms with Crippen LogP contribution < -0.4 is 5.32 Å². The summed E-state index contributed by atoms with van der Waals surface area (Å²) in [5, 5.41) is 3.58. The molecule has 1 aromatic rings. The summed E-state index contributed by atoms with van der Waals surface area (Å²) in [6, 6.07) is 5.31. The zero-order chi connectivity index (χ0) is 10.1. The molecule has 1 heteroatoms. The summed E-state index contributed by atoms with van der Waals surface area (Å²) in [5.41, 5.74) is 5.95. The molecule has 1 unspecified atom stereocenters. The molecule has 1 aromatic carbocycles. The van der Waals surface area contributed by atoms with Crippen LogP contribution in [0.4, 0.5) is 0 Å². The number of aryl methyl sites for hydroxylation is 2. The number of hydrogen-bond acceptors (Lipinski definition) is 1. The zero-order valence-corrected chi connectivity index (χ0v) is 9.35. The molecule has 0 spiro atoms. The summed E-state index contributed by atoms with van der Waals surface area (Å²) in [6.45, 7) is 7.73. The molecule has 1 aliphatic heterocycles. The third-order valence-electron chi connectivity index (χ3n) is 3.23. The molecule has 14 heavy (non-hydrogen) atoms. The summed E-state index contributed by atoms with van der Waals surface area (Å²) in [4.78, 5) is 0. The molecule has 0 saturated heterocycles. The van der Waals surface area contributed by atoms with E-state index in [0.29, 0.717) is 6.04 Å². The number of rotatable bonds is 1. The largest absolute Gasteiger partial charge is 0.310 e. The molecule has 0 fully saturated rings. The Balaban J connectivity index is 2.37. The van der Waals surface area contributed by atoms with Crippen LogP contribution in [-0.4, -0.2) is 6.04 Å². The minimum Gasteiger partial charge on any atom is -0.310 e. The van der Waals surface area contributed by atoms with Crippen molar-refractivity contribution in [2.75, 3.05) is 0 Å². The van der Waals surface area contributed by atoms with Crippen LogP contribution in [0.2, 0.25) is 0 Å². The Morgan fingerprint density at radius 1 is 1.36 bits per heavy atom. The fraction of sp³-hybridized carbons (Fsp3) is 0.538. The Morgan fingerprint density at radius 3 is 2.86 bits per heavy atom. The van der Waals surface area contributed by atoms with E-state index >= 15 is 0 Å². The van der Waals surface area contributed by atoms with Gasteiger partial charge in [-0.3, -0.25) is 0 Å². The van der Waals surface area contributed by atoms with Gasteiger partial charge in [0.15, 0.2) is 0 Å². The quantitative estimate of drug-likeness (QED) is 0.716. The third-order valence-corrected chi connectivity index (χ3v) is 3.23. The fourth-order valence-electron chi connectivity index (χ4n) is 2.40. The lowest BCUT2D eigenvalue weighted by molar-refractivity contribution is 0.466. The summed E-state index contributed by atoms with van der Waals surface area (Å²) in [6.07, 6.45) is 2.44. The van der Waals surface area contributed by atoms with Gasteiger partial charge in [0.1, 0.15) is 0 Å². The summed E-state index contributed by atoms with van der Waals surface area (Å²) in [7, 11) is 0. The minimum absolute atomic E-state index is 0.684. The Kier molecular flexibility index (Phi) is 2.60. The normalized spacial score (nSPS) is 20.6. The SMILES string of the molecule is CCC1Cc2c(C)cc(C)cc2CN1. The van der Waals surface area contributed by atoms with Crippen molar-refractivity contribution in [2.24, 2.45) is 0 Å². The van der Waals surface area contributed by atoms with Gasteiger partial charge in [0, 0.05) is 12.6 Å². The maximum Gasteiger partial charge on any atom is 0.0211 e. The molecule has 1 nitrogen and oxygen atoms in total. The smallest absolute Gasteiger partial charge is 0.0211 e. The van der Waals surface area contributed by atoms with Gasteiger partial charge in [-0.2, -0.15) is 0 Å². The van der Waals surface area contributed by atoms with Gasteiger partial charge in [0.25, 0.3) is 0 Å². The van der Waals surface area contributed by atoms with Gasteiger partial charge in [-0.1, -0.05) is 24.6 Å². The third kappa shape index (κ3) is 1.69. The van der Waals surface area contributed by atoms with E-state index in [-0.39, 0.29) is 0 Å². The molecule has 2 rings (SSSR count). The van der Waals surface area contributed by atoms with Gasteiger partial charge in [0.2, 0.25) is 0 Å². The summed E-state index contributed by atoms with van der Waals surface area (Å²) < 4.78 is 0. The van der Waals surface area contributed by atoms with Crippen LogP contribution in [0.5, 0.6) is 0 Å². The predicted octanol–water partition coefficient (Wildman–Crippen LogP) is 2.73. The summed E-state index contributed by atoms with van der Waals surface area (Å²) in [5.74, 6) is 0. The van der Waals surface area contributed by atoms with Crippen LogP contribution in [0.3, 0.4) is 0 Å². The Morgan fingerprint density at radius 2 is 2.14 bits per heavy atom. The Labute approximate surface area is 86.5 Å². The molecule has 0 aromatic heterocycles. The van der Waals surface area contributed by atoms with Gasteiger partial charge < -0.3 is 5.32 Å². The second-order valence-electron chi connectivity index (χ2n) is 4.41. The lowest BCUT2D eigenvalue weighted by Crippen LogP contribution is -2.35. The molecule has 0 amide bonds. The molecular formula is C13H19N. The van der Waals surface area contributed by atoms with E-state index in [1.165, 1.54) is 29.5 Å². The first kappa shape index (κ1) is 9.72. The van der Waals surface area contributed by atoms with Crippen molar-refractivity contribution >= 4 is 0 Å². The number of hydrogen-bond donors (Lipinski definition) is 1. The van der Waals surface area contributed by atoms with Crippen LogP contribution in [0.25, 0.3) is 0 Å². The zero-order valence-electron chi connectivity index (χ0n) is 9.35. The molecule has 0 bridgehead atoms. The van der Waals surface area contributed by atoms with E-state index < -0.39 is 0 Å². The summed E-state index contributed by atoms with van der Waals surface area (Å²) >= 11 is 0. The Hall–Kier alpha value is -0.820. The van der Waals surface area contributed by atoms with Crippen molar-refractivity contribution < 1.29 is 0 Å². The van der Waals surface area contributed by atoms with Crippen molar-refractivity contribution in [3.8, 4) is 0 Å². The van der Waals surface area contributed by atoms with Gasteiger partial charge in [0.05, 0.1) is 0 Å². The van der Waals surface area contributed by atoms with Gasteiger partial charge in [-0.05, 0) is 43.4 Å². The van der Waals surface area contributed by atoms with E-state index in [2.05, 4.69) is 38.2 Å². The monoisotopic (exact) mass is 189 g/mol. The average Bonchev–Trinajstić information content (AvgIpc) is 2.17. The van der Waals surface area contributed by atoms with Gasteiger partial charge in [-0.25, -0.2) is 0 Å². The van der Waals surface area contributed by atoms with E-state index in [0.717, 1.165) is 6.54 Å². The van der Waals surface area contributed by atoms with Crippen molar-refractivity contribution in [1.29, 1.82) is 0 Å². The molecule has 0 aliphatic carbocycles. The van der Waals surface area contributed by atoms with Crippen LogP contribution in [-0.2, 0) is 13.0 Å². The first-order valence-electron chi connectivity index (χ1n) is 5.53. The van der Waals surface area contributed by atoms with E-state index in [4.69, 9.17) is 0 Å². The number of nitrogens with one attached hydrogen (secondary N) is 1. The van der Waals surface area contributed by atoms with Crippen molar-refractivity contribution in [3.05, 3.63) is 34.4 Å². The lowest BCUT2D eigenvalue weighted by atomic mass is 9.90. The highest BCUT2D eigenvalue weighted by Gasteiger charge is 2.17. The average molecular weight is 189 g/mol. The van der Waals surface area contributed by atoms with Crippen molar-refractivity contribution in [2.45, 2.75) is 46.2 Å². The minimum atomic E-state index is 0.684. The number of benzene rings is 1. The maximum atomic E-state index is 3.58. The van der Waals surface area contributed by atoms with Gasteiger partial charge in [-0.15, -0.1) is 0 Å². The van der Waals surface area contributed by atoms with Gasteiger partial charge >= 0.3 is 0 Å². The molecule has 1 aliphatic rings. The molecule has 1 heterocycles. The van der Waals surface area contributed by atoms with E-state index in [1.54, 1.807) is 5.56 Å². The van der Waals surface area contributed by atoms with Crippen molar-refractivity contribution in [1.82, 2.24) is 5.32 Å². The predicted molar refractivity (Wildman–Crippen MR) is 60.5 cm³/mol. The second-order valence-corrected chi connectivity index (χ2v) is 4.41. The lowest BCUT2D eigenvalue weighted by Gasteiger charge is -2.27. The van der Waals surface area contributed by atoms with Crippen LogP contribution in [0.1, 0.15) is 35.6 Å². The first-order chi connectivity index (χ1) is 6.70. The molecular weight excluding hydrogens is 170 g/mol. The Bertz CT molecular complexity index is 341. The molecule has 76 valence electrons. The molecule has 1 atom stereocenters.